The van der Waals surface area contributed by atoms with Crippen molar-refractivity contribution in [2.24, 2.45) is 20.0 Å². The minimum atomic E-state index is -0.409. The van der Waals surface area contributed by atoms with E-state index in [-0.39, 0.29) is 23.9 Å². The number of benzene rings is 2. The summed E-state index contributed by atoms with van der Waals surface area (Å²) in [5, 5.41) is 2.88. The molecule has 0 radical (unpaired) electrons. The Hall–Kier alpha value is -3.35. The van der Waals surface area contributed by atoms with E-state index in [1.807, 2.05) is 36.4 Å². The van der Waals surface area contributed by atoms with Crippen LogP contribution in [0.15, 0.2) is 53.3 Å². The molecule has 3 aromatic rings. The number of carbonyl (C=O) groups excluding carboxylic acids is 2. The topological polar surface area (TPSA) is 76.3 Å². The van der Waals surface area contributed by atoms with Crippen LogP contribution in [0, 0.1) is 5.92 Å². The Kier molecular flexibility index (Phi) is 4.07. The van der Waals surface area contributed by atoms with Crippen molar-refractivity contribution in [3.8, 4) is 0 Å². The number of nitrogens with zero attached hydrogens (tertiary/aromatic N) is 3. The molecule has 1 N–H and O–H groups in total. The van der Waals surface area contributed by atoms with Gasteiger partial charge in [0.05, 0.1) is 17.0 Å². The van der Waals surface area contributed by atoms with E-state index in [9.17, 15) is 14.4 Å². The number of anilines is 2. The van der Waals surface area contributed by atoms with Gasteiger partial charge in [0.15, 0.2) is 0 Å². The highest BCUT2D eigenvalue weighted by atomic mass is 16.2. The molecule has 1 aliphatic heterocycles. The van der Waals surface area contributed by atoms with Crippen LogP contribution < -0.4 is 15.9 Å². The van der Waals surface area contributed by atoms with Crippen molar-refractivity contribution in [3.63, 3.8) is 0 Å². The Morgan fingerprint density at radius 1 is 1.00 bits per heavy atom. The van der Waals surface area contributed by atoms with Crippen molar-refractivity contribution >= 4 is 34.2 Å². The van der Waals surface area contributed by atoms with E-state index in [0.29, 0.717) is 12.2 Å². The van der Waals surface area contributed by atoms with E-state index >= 15 is 0 Å². The number of rotatable bonds is 3. The first kappa shape index (κ1) is 17.1. The summed E-state index contributed by atoms with van der Waals surface area (Å²) in [7, 11) is 3.41. The van der Waals surface area contributed by atoms with Crippen LogP contribution in [0.25, 0.3) is 11.0 Å². The zero-order valence-corrected chi connectivity index (χ0v) is 15.2. The molecule has 2 amide bonds. The van der Waals surface area contributed by atoms with Crippen LogP contribution in [0.3, 0.4) is 0 Å². The second kappa shape index (κ2) is 6.42. The summed E-state index contributed by atoms with van der Waals surface area (Å²) in [6, 6.07) is 14.7. The second-order valence-corrected chi connectivity index (χ2v) is 6.83. The number of amides is 2. The lowest BCUT2D eigenvalue weighted by molar-refractivity contribution is -0.122. The lowest BCUT2D eigenvalue weighted by Crippen LogP contribution is -2.28. The predicted octanol–water partition coefficient (Wildman–Crippen LogP) is 1.87. The molecule has 0 bridgehead atoms. The van der Waals surface area contributed by atoms with Crippen LogP contribution in [0.4, 0.5) is 11.4 Å². The number of hydrogen-bond donors (Lipinski definition) is 1. The van der Waals surface area contributed by atoms with Crippen molar-refractivity contribution < 1.29 is 9.59 Å². The van der Waals surface area contributed by atoms with E-state index in [0.717, 1.165) is 16.7 Å². The molecule has 27 heavy (non-hydrogen) atoms. The summed E-state index contributed by atoms with van der Waals surface area (Å²) >= 11 is 0. The van der Waals surface area contributed by atoms with Gasteiger partial charge in [-0.25, -0.2) is 4.79 Å². The van der Waals surface area contributed by atoms with Crippen molar-refractivity contribution in [1.82, 2.24) is 9.13 Å². The minimum absolute atomic E-state index is 0.0535. The number of para-hydroxylation sites is 1. The number of hydrogen-bond acceptors (Lipinski definition) is 3. The molecule has 1 aliphatic rings. The standard InChI is InChI=1S/C20H20N4O3/c1-22-16-9-8-14(11-17(16)23(2)20(22)27)21-19(26)13-10-18(25)24(12-13)15-6-4-3-5-7-15/h3-9,11,13H,10,12H2,1-2H3,(H,21,26)/t13-/m1/s1. The van der Waals surface area contributed by atoms with Gasteiger partial charge in [0, 0.05) is 38.4 Å². The second-order valence-electron chi connectivity index (χ2n) is 6.83. The molecule has 7 nitrogen and oxygen atoms in total. The maximum Gasteiger partial charge on any atom is 0.328 e. The van der Waals surface area contributed by atoms with Crippen molar-refractivity contribution in [2.45, 2.75) is 6.42 Å². The van der Waals surface area contributed by atoms with Gasteiger partial charge in [0.2, 0.25) is 11.8 Å². The Bertz CT molecular complexity index is 1100. The number of aromatic nitrogens is 2. The van der Waals surface area contributed by atoms with E-state index < -0.39 is 5.92 Å². The Balaban J connectivity index is 1.53. The maximum absolute atomic E-state index is 12.7. The van der Waals surface area contributed by atoms with Gasteiger partial charge >= 0.3 is 5.69 Å². The molecule has 1 aromatic heterocycles. The van der Waals surface area contributed by atoms with Crippen molar-refractivity contribution in [3.05, 3.63) is 59.0 Å². The first-order valence-electron chi connectivity index (χ1n) is 8.77. The molecule has 0 aliphatic carbocycles. The number of fused-ring (bicyclic) bond motifs is 1. The maximum atomic E-state index is 12.7. The summed E-state index contributed by atoms with van der Waals surface area (Å²) in [6.45, 7) is 0.362. The third kappa shape index (κ3) is 2.91. The third-order valence-electron chi connectivity index (χ3n) is 5.10. The van der Waals surface area contributed by atoms with Gasteiger partial charge in [-0.05, 0) is 30.3 Å². The fourth-order valence-corrected chi connectivity index (χ4v) is 3.57. The molecule has 1 fully saturated rings. The number of carbonyl (C=O) groups is 2. The van der Waals surface area contributed by atoms with Gasteiger partial charge in [-0.15, -0.1) is 0 Å². The first-order chi connectivity index (χ1) is 13.0. The van der Waals surface area contributed by atoms with Crippen LogP contribution >= 0.6 is 0 Å². The molecule has 0 unspecified atom stereocenters. The van der Waals surface area contributed by atoms with Crippen LogP contribution in [-0.2, 0) is 23.7 Å². The van der Waals surface area contributed by atoms with Crippen LogP contribution in [-0.4, -0.2) is 27.5 Å². The molecular formula is C20H20N4O3. The number of aryl methyl sites for hydroxylation is 2. The largest absolute Gasteiger partial charge is 0.328 e. The quantitative estimate of drug-likeness (QED) is 0.771. The number of imidazole rings is 1. The summed E-state index contributed by atoms with van der Waals surface area (Å²) in [5.74, 6) is -0.655. The van der Waals surface area contributed by atoms with E-state index in [2.05, 4.69) is 5.32 Å². The summed E-state index contributed by atoms with van der Waals surface area (Å²) in [5.41, 5.74) is 2.84. The van der Waals surface area contributed by atoms with Crippen LogP contribution in [0.2, 0.25) is 0 Å². The molecule has 1 saturated heterocycles. The predicted molar refractivity (Wildman–Crippen MR) is 104 cm³/mol. The van der Waals surface area contributed by atoms with Gasteiger partial charge in [0.1, 0.15) is 0 Å². The lowest BCUT2D eigenvalue weighted by atomic mass is 10.1. The van der Waals surface area contributed by atoms with Gasteiger partial charge in [-0.3, -0.25) is 18.7 Å². The molecule has 1 atom stereocenters. The lowest BCUT2D eigenvalue weighted by Gasteiger charge is -2.16. The fraction of sp³-hybridized carbons (Fsp3) is 0.250. The normalized spacial score (nSPS) is 16.9. The Morgan fingerprint density at radius 3 is 2.44 bits per heavy atom. The van der Waals surface area contributed by atoms with Gasteiger partial charge in [-0.2, -0.15) is 0 Å². The van der Waals surface area contributed by atoms with Gasteiger partial charge in [0.25, 0.3) is 0 Å². The van der Waals surface area contributed by atoms with Crippen molar-refractivity contribution in [1.29, 1.82) is 0 Å². The molecule has 4 rings (SSSR count). The third-order valence-corrected chi connectivity index (χ3v) is 5.10. The monoisotopic (exact) mass is 364 g/mol. The van der Waals surface area contributed by atoms with E-state index in [1.165, 1.54) is 0 Å². The summed E-state index contributed by atoms with van der Waals surface area (Å²) in [6.07, 6.45) is 0.187. The smallest absolute Gasteiger partial charge is 0.326 e. The highest BCUT2D eigenvalue weighted by Gasteiger charge is 2.35. The molecule has 0 spiro atoms. The van der Waals surface area contributed by atoms with Crippen LogP contribution in [0.5, 0.6) is 0 Å². The highest BCUT2D eigenvalue weighted by molar-refractivity contribution is 6.03. The summed E-state index contributed by atoms with van der Waals surface area (Å²) < 4.78 is 3.11. The minimum Gasteiger partial charge on any atom is -0.326 e. The van der Waals surface area contributed by atoms with Gasteiger partial charge in [-0.1, -0.05) is 18.2 Å². The number of nitrogens with one attached hydrogen (secondary N) is 1. The van der Waals surface area contributed by atoms with E-state index in [4.69, 9.17) is 0 Å². The average molecular weight is 364 g/mol. The fourth-order valence-electron chi connectivity index (χ4n) is 3.57. The molecular weight excluding hydrogens is 344 g/mol. The average Bonchev–Trinajstić information content (AvgIpc) is 3.17. The molecule has 7 heteroatoms. The highest BCUT2D eigenvalue weighted by Crippen LogP contribution is 2.26. The zero-order valence-electron chi connectivity index (χ0n) is 15.2. The molecule has 138 valence electrons. The van der Waals surface area contributed by atoms with E-state index in [1.54, 1.807) is 40.3 Å². The Morgan fingerprint density at radius 2 is 1.70 bits per heavy atom. The first-order valence-corrected chi connectivity index (χ1v) is 8.77. The van der Waals surface area contributed by atoms with Crippen molar-refractivity contribution in [2.75, 3.05) is 16.8 Å². The molecule has 2 heterocycles. The molecule has 2 aromatic carbocycles. The summed E-state index contributed by atoms with van der Waals surface area (Å²) in [4.78, 5) is 38.7. The van der Waals surface area contributed by atoms with Crippen LogP contribution in [0.1, 0.15) is 6.42 Å². The van der Waals surface area contributed by atoms with Gasteiger partial charge < -0.3 is 10.2 Å². The molecule has 0 saturated carbocycles. The SMILES string of the molecule is Cn1c(=O)n(C)c2cc(NC(=O)[C@@H]3CC(=O)N(c4ccccc4)C3)ccc21. The zero-order chi connectivity index (χ0) is 19.1. The Labute approximate surface area is 155 Å².